The molecular formula is C11H12ClN3O. The molecule has 0 aliphatic heterocycles. The molecule has 2 amide bonds. The second-order valence-corrected chi connectivity index (χ2v) is 3.58. The van der Waals surface area contributed by atoms with Gasteiger partial charge in [-0.15, -0.1) is 0 Å². The molecule has 2 N–H and O–H groups in total. The number of urea groups is 1. The minimum atomic E-state index is -0.484. The largest absolute Gasteiger partial charge is 0.322 e. The number of rotatable bonds is 3. The summed E-state index contributed by atoms with van der Waals surface area (Å²) in [4.78, 5) is 11.5. The molecular weight excluding hydrogens is 226 g/mol. The van der Waals surface area contributed by atoms with Gasteiger partial charge in [-0.1, -0.05) is 30.7 Å². The van der Waals surface area contributed by atoms with E-state index >= 15 is 0 Å². The molecule has 0 spiro atoms. The Kier molecular flexibility index (Phi) is 4.62. The van der Waals surface area contributed by atoms with Crippen LogP contribution in [0.3, 0.4) is 0 Å². The van der Waals surface area contributed by atoms with Crippen molar-refractivity contribution in [1.29, 1.82) is 5.26 Å². The van der Waals surface area contributed by atoms with Gasteiger partial charge in [-0.05, 0) is 18.6 Å². The van der Waals surface area contributed by atoms with Crippen molar-refractivity contribution in [1.82, 2.24) is 5.32 Å². The van der Waals surface area contributed by atoms with Crippen LogP contribution in [-0.2, 0) is 0 Å². The summed E-state index contributed by atoms with van der Waals surface area (Å²) in [6.07, 6.45) is 0.562. The highest BCUT2D eigenvalue weighted by Crippen LogP contribution is 2.20. The maximum absolute atomic E-state index is 11.5. The molecule has 1 aromatic carbocycles. The van der Waals surface area contributed by atoms with Crippen molar-refractivity contribution in [2.24, 2.45) is 0 Å². The predicted molar refractivity (Wildman–Crippen MR) is 63.3 cm³/mol. The fourth-order valence-electron chi connectivity index (χ4n) is 1.10. The van der Waals surface area contributed by atoms with Gasteiger partial charge in [-0.3, -0.25) is 0 Å². The lowest BCUT2D eigenvalue weighted by molar-refractivity contribution is 0.250. The van der Waals surface area contributed by atoms with Crippen LogP contribution in [0.2, 0.25) is 5.02 Å². The zero-order chi connectivity index (χ0) is 12.0. The highest BCUT2D eigenvalue weighted by Gasteiger charge is 2.09. The van der Waals surface area contributed by atoms with E-state index < -0.39 is 12.1 Å². The number of nitriles is 1. The number of benzene rings is 1. The van der Waals surface area contributed by atoms with Crippen LogP contribution < -0.4 is 10.6 Å². The molecule has 0 aliphatic rings. The number of hydrogen-bond acceptors (Lipinski definition) is 2. The molecule has 0 bridgehead atoms. The number of para-hydroxylation sites is 1. The van der Waals surface area contributed by atoms with Crippen molar-refractivity contribution in [3.05, 3.63) is 29.3 Å². The fourth-order valence-corrected chi connectivity index (χ4v) is 1.29. The average molecular weight is 238 g/mol. The lowest BCUT2D eigenvalue weighted by atomic mass is 10.2. The van der Waals surface area contributed by atoms with E-state index in [1.54, 1.807) is 24.3 Å². The maximum atomic E-state index is 11.5. The summed E-state index contributed by atoms with van der Waals surface area (Å²) in [5, 5.41) is 14.2. The first-order valence-corrected chi connectivity index (χ1v) is 5.26. The standard InChI is InChI=1S/C11H12ClN3O/c1-2-8(7-13)14-11(16)15-10-6-4-3-5-9(10)12/h3-6,8H,2H2,1H3,(H2,14,15,16). The Bertz CT molecular complexity index is 414. The van der Waals surface area contributed by atoms with Crippen molar-refractivity contribution in [2.45, 2.75) is 19.4 Å². The Balaban J connectivity index is 2.59. The van der Waals surface area contributed by atoms with Gasteiger partial charge >= 0.3 is 6.03 Å². The number of nitrogens with one attached hydrogen (secondary N) is 2. The van der Waals surface area contributed by atoms with Gasteiger partial charge in [0.25, 0.3) is 0 Å². The van der Waals surface area contributed by atoms with E-state index in [0.717, 1.165) is 0 Å². The van der Waals surface area contributed by atoms with Gasteiger partial charge in [0, 0.05) is 0 Å². The Morgan fingerprint density at radius 2 is 2.25 bits per heavy atom. The average Bonchev–Trinajstić information content (AvgIpc) is 2.29. The minimum absolute atomic E-state index is 0.429. The van der Waals surface area contributed by atoms with Gasteiger partial charge < -0.3 is 10.6 Å². The summed E-state index contributed by atoms with van der Waals surface area (Å²) in [5.41, 5.74) is 0.523. The van der Waals surface area contributed by atoms with E-state index in [2.05, 4.69) is 10.6 Å². The van der Waals surface area contributed by atoms with Crippen LogP contribution in [0.1, 0.15) is 13.3 Å². The zero-order valence-electron chi connectivity index (χ0n) is 8.83. The summed E-state index contributed by atoms with van der Waals surface area (Å²) in [6.45, 7) is 1.82. The van der Waals surface area contributed by atoms with Crippen molar-refractivity contribution >= 4 is 23.3 Å². The molecule has 84 valence electrons. The molecule has 1 rings (SSSR count). The van der Waals surface area contributed by atoms with Gasteiger partial charge in [0.2, 0.25) is 0 Å². The zero-order valence-corrected chi connectivity index (χ0v) is 9.58. The molecule has 0 heterocycles. The Hall–Kier alpha value is -1.73. The van der Waals surface area contributed by atoms with E-state index in [9.17, 15) is 4.79 Å². The Morgan fingerprint density at radius 1 is 1.56 bits per heavy atom. The fraction of sp³-hybridized carbons (Fsp3) is 0.273. The van der Waals surface area contributed by atoms with Crippen LogP contribution in [0.4, 0.5) is 10.5 Å². The normalized spacial score (nSPS) is 11.3. The van der Waals surface area contributed by atoms with E-state index in [4.69, 9.17) is 16.9 Å². The smallest absolute Gasteiger partial charge is 0.320 e. The number of anilines is 1. The molecule has 0 fully saturated rings. The van der Waals surface area contributed by atoms with Crippen molar-refractivity contribution in [2.75, 3.05) is 5.32 Å². The van der Waals surface area contributed by atoms with Gasteiger partial charge in [0.1, 0.15) is 6.04 Å². The van der Waals surface area contributed by atoms with Crippen LogP contribution in [0.5, 0.6) is 0 Å². The predicted octanol–water partition coefficient (Wildman–Crippen LogP) is 2.76. The highest BCUT2D eigenvalue weighted by molar-refractivity contribution is 6.33. The van der Waals surface area contributed by atoms with Crippen molar-refractivity contribution in [3.63, 3.8) is 0 Å². The molecule has 4 nitrogen and oxygen atoms in total. The van der Waals surface area contributed by atoms with Crippen LogP contribution in [0, 0.1) is 11.3 Å². The first kappa shape index (κ1) is 12.3. The number of amides is 2. The van der Waals surface area contributed by atoms with E-state index in [1.165, 1.54) is 0 Å². The summed E-state index contributed by atoms with van der Waals surface area (Å²) in [7, 11) is 0. The quantitative estimate of drug-likeness (QED) is 0.849. The van der Waals surface area contributed by atoms with Gasteiger partial charge in [0.15, 0.2) is 0 Å². The summed E-state index contributed by atoms with van der Waals surface area (Å²) in [5.74, 6) is 0. The third kappa shape index (κ3) is 3.44. The first-order valence-electron chi connectivity index (χ1n) is 4.89. The lowest BCUT2D eigenvalue weighted by Gasteiger charge is -2.11. The SMILES string of the molecule is CCC(C#N)NC(=O)Nc1ccccc1Cl. The molecule has 16 heavy (non-hydrogen) atoms. The Labute approximate surface area is 99.2 Å². The molecule has 5 heteroatoms. The number of hydrogen-bond donors (Lipinski definition) is 2. The van der Waals surface area contributed by atoms with Crippen LogP contribution in [0.25, 0.3) is 0 Å². The van der Waals surface area contributed by atoms with Crippen molar-refractivity contribution in [3.8, 4) is 6.07 Å². The van der Waals surface area contributed by atoms with E-state index in [-0.39, 0.29) is 0 Å². The second kappa shape index (κ2) is 5.99. The number of carbonyl (C=O) groups excluding carboxylic acids is 1. The number of carbonyl (C=O) groups is 1. The lowest BCUT2D eigenvalue weighted by Crippen LogP contribution is -2.36. The van der Waals surface area contributed by atoms with E-state index in [1.807, 2.05) is 13.0 Å². The van der Waals surface area contributed by atoms with Crippen LogP contribution in [-0.4, -0.2) is 12.1 Å². The molecule has 0 saturated heterocycles. The molecule has 1 atom stereocenters. The van der Waals surface area contributed by atoms with Gasteiger partial charge in [0.05, 0.1) is 16.8 Å². The molecule has 0 aliphatic carbocycles. The van der Waals surface area contributed by atoms with Gasteiger partial charge in [-0.25, -0.2) is 4.79 Å². The topological polar surface area (TPSA) is 64.9 Å². The molecule has 0 radical (unpaired) electrons. The third-order valence-corrected chi connectivity index (χ3v) is 2.32. The molecule has 1 aromatic rings. The summed E-state index contributed by atoms with van der Waals surface area (Å²) in [6, 6.07) is 7.97. The summed E-state index contributed by atoms with van der Waals surface area (Å²) >= 11 is 5.87. The van der Waals surface area contributed by atoms with Crippen LogP contribution >= 0.6 is 11.6 Å². The minimum Gasteiger partial charge on any atom is -0.322 e. The van der Waals surface area contributed by atoms with Gasteiger partial charge in [-0.2, -0.15) is 5.26 Å². The van der Waals surface area contributed by atoms with E-state index in [0.29, 0.717) is 17.1 Å². The first-order chi connectivity index (χ1) is 7.67. The molecule has 1 unspecified atom stereocenters. The summed E-state index contributed by atoms with van der Waals surface area (Å²) < 4.78 is 0. The highest BCUT2D eigenvalue weighted by atomic mass is 35.5. The third-order valence-electron chi connectivity index (χ3n) is 1.99. The molecule has 0 aromatic heterocycles. The number of halogens is 1. The Morgan fingerprint density at radius 3 is 2.81 bits per heavy atom. The van der Waals surface area contributed by atoms with Crippen molar-refractivity contribution < 1.29 is 4.79 Å². The molecule has 0 saturated carbocycles. The number of nitrogens with zero attached hydrogens (tertiary/aromatic N) is 1. The van der Waals surface area contributed by atoms with Crippen LogP contribution in [0.15, 0.2) is 24.3 Å². The second-order valence-electron chi connectivity index (χ2n) is 3.17. The monoisotopic (exact) mass is 237 g/mol. The maximum Gasteiger partial charge on any atom is 0.320 e.